The van der Waals surface area contributed by atoms with Crippen molar-refractivity contribution in [1.82, 2.24) is 0 Å². The maximum atomic E-state index is 8.93. The van der Waals surface area contributed by atoms with Crippen LogP contribution in [0, 0.1) is 0 Å². The fourth-order valence-electron chi connectivity index (χ4n) is 1.57. The van der Waals surface area contributed by atoms with Crippen LogP contribution in [-0.4, -0.2) is 16.6 Å². The first-order chi connectivity index (χ1) is 7.36. The molecule has 2 rings (SSSR count). The average molecular weight is 204 g/mol. The number of rotatable bonds is 2. The van der Waals surface area contributed by atoms with E-state index >= 15 is 0 Å². The Hall–Kier alpha value is -1.84. The Morgan fingerprint density at radius 2 is 2.13 bits per heavy atom. The van der Waals surface area contributed by atoms with Crippen LogP contribution in [-0.2, 0) is 4.84 Å². The normalized spacial score (nSPS) is 22.6. The monoisotopic (exact) mass is 204 g/mol. The second-order valence-corrected chi connectivity index (χ2v) is 3.27. The van der Waals surface area contributed by atoms with Crippen molar-refractivity contribution in [1.29, 1.82) is 0 Å². The molecule has 1 aromatic carbocycles. The fourth-order valence-corrected chi connectivity index (χ4v) is 1.57. The van der Waals surface area contributed by atoms with Crippen LogP contribution < -0.4 is 0 Å². The Balaban J connectivity index is 2.28. The smallest absolute Gasteiger partial charge is 0.199 e. The third-order valence-electron chi connectivity index (χ3n) is 2.36. The molecule has 15 heavy (non-hydrogen) atoms. The van der Waals surface area contributed by atoms with Gasteiger partial charge in [0.2, 0.25) is 0 Å². The second kappa shape index (κ2) is 4.13. The maximum absolute atomic E-state index is 8.93. The first-order valence-corrected chi connectivity index (χ1v) is 4.86. The van der Waals surface area contributed by atoms with Crippen molar-refractivity contribution >= 4 is 11.4 Å². The van der Waals surface area contributed by atoms with Gasteiger partial charge >= 0.3 is 0 Å². The van der Waals surface area contributed by atoms with Gasteiger partial charge in [0.15, 0.2) is 11.8 Å². The number of nitrogens with zero attached hydrogens (tertiary/aromatic N) is 2. The van der Waals surface area contributed by atoms with Gasteiger partial charge in [-0.25, -0.2) is 0 Å². The predicted octanol–water partition coefficient (Wildman–Crippen LogP) is 2.35. The van der Waals surface area contributed by atoms with E-state index < -0.39 is 0 Å². The Bertz CT molecular complexity index is 398. The minimum atomic E-state index is -0.369. The van der Waals surface area contributed by atoms with E-state index in [1.807, 2.05) is 37.3 Å². The average Bonchev–Trinajstić information content (AvgIpc) is 2.72. The van der Waals surface area contributed by atoms with Crippen molar-refractivity contribution < 1.29 is 10.0 Å². The van der Waals surface area contributed by atoms with Crippen LogP contribution in [0.3, 0.4) is 0 Å². The van der Waals surface area contributed by atoms with E-state index in [0.717, 1.165) is 5.56 Å². The molecule has 4 nitrogen and oxygen atoms in total. The van der Waals surface area contributed by atoms with E-state index in [1.54, 1.807) is 0 Å². The molecule has 1 unspecified atom stereocenters. The molecule has 1 atom stereocenters. The summed E-state index contributed by atoms with van der Waals surface area (Å²) in [7, 11) is 0. The van der Waals surface area contributed by atoms with Crippen LogP contribution in [0.25, 0.3) is 0 Å². The number of hydrogen-bond acceptors (Lipinski definition) is 4. The van der Waals surface area contributed by atoms with Gasteiger partial charge in [-0.2, -0.15) is 0 Å². The van der Waals surface area contributed by atoms with Crippen molar-refractivity contribution in [2.45, 2.75) is 19.4 Å². The molecule has 0 fully saturated rings. The summed E-state index contributed by atoms with van der Waals surface area (Å²) in [6.45, 7) is 1.95. The summed E-state index contributed by atoms with van der Waals surface area (Å²) in [5.74, 6) is 0. The quantitative estimate of drug-likeness (QED) is 0.593. The first kappa shape index (κ1) is 9.71. The lowest BCUT2D eigenvalue weighted by Gasteiger charge is -2.08. The van der Waals surface area contributed by atoms with Crippen molar-refractivity contribution in [2.75, 3.05) is 0 Å². The van der Waals surface area contributed by atoms with Crippen LogP contribution in [0.15, 0.2) is 40.6 Å². The summed E-state index contributed by atoms with van der Waals surface area (Å²) < 4.78 is 0. The third kappa shape index (κ3) is 1.70. The number of oxime groups is 2. The molecule has 78 valence electrons. The van der Waals surface area contributed by atoms with Gasteiger partial charge in [-0.05, 0) is 6.42 Å². The van der Waals surface area contributed by atoms with Gasteiger partial charge in [0.05, 0.1) is 0 Å². The summed E-state index contributed by atoms with van der Waals surface area (Å²) in [6, 6.07) is 9.60. The molecule has 1 heterocycles. The molecule has 1 aromatic rings. The van der Waals surface area contributed by atoms with Crippen LogP contribution in [0.4, 0.5) is 0 Å². The van der Waals surface area contributed by atoms with Crippen molar-refractivity contribution in [3.63, 3.8) is 0 Å². The van der Waals surface area contributed by atoms with Gasteiger partial charge in [0, 0.05) is 5.56 Å². The molecule has 0 saturated carbocycles. The molecule has 0 bridgehead atoms. The van der Waals surface area contributed by atoms with Gasteiger partial charge in [-0.1, -0.05) is 47.6 Å². The number of hydrogen-bond donors (Lipinski definition) is 1. The lowest BCUT2D eigenvalue weighted by Crippen LogP contribution is -2.16. The topological polar surface area (TPSA) is 54.2 Å². The molecule has 4 heteroatoms. The van der Waals surface area contributed by atoms with E-state index in [0.29, 0.717) is 17.8 Å². The first-order valence-electron chi connectivity index (χ1n) is 4.86. The molecule has 1 N–H and O–H groups in total. The molecule has 0 radical (unpaired) electrons. The highest BCUT2D eigenvalue weighted by Crippen LogP contribution is 2.25. The highest BCUT2D eigenvalue weighted by molar-refractivity contribution is 6.44. The molecule has 0 aliphatic carbocycles. The van der Waals surface area contributed by atoms with Crippen molar-refractivity contribution in [3.05, 3.63) is 35.9 Å². The van der Waals surface area contributed by atoms with Gasteiger partial charge in [-0.15, -0.1) is 0 Å². The Morgan fingerprint density at radius 3 is 2.73 bits per heavy atom. The van der Waals surface area contributed by atoms with Gasteiger partial charge in [0.1, 0.15) is 5.71 Å². The minimum absolute atomic E-state index is 0.369. The number of benzene rings is 1. The van der Waals surface area contributed by atoms with Crippen molar-refractivity contribution in [3.8, 4) is 0 Å². The Labute approximate surface area is 87.9 Å². The zero-order valence-electron chi connectivity index (χ0n) is 8.42. The molecular formula is C11H12N2O2. The van der Waals surface area contributed by atoms with E-state index in [2.05, 4.69) is 10.3 Å². The molecule has 1 aliphatic rings. The molecule has 0 aromatic heterocycles. The van der Waals surface area contributed by atoms with Crippen LogP contribution in [0.1, 0.15) is 25.0 Å². The van der Waals surface area contributed by atoms with E-state index in [1.165, 1.54) is 0 Å². The standard InChI is InChI=1S/C11H12N2O2/c1-2-9-10(12-14)11(15-13-9)8-6-4-3-5-7-8/h3-7,11,14H,2H2,1H3/b12-10+. The van der Waals surface area contributed by atoms with E-state index in [4.69, 9.17) is 10.0 Å². The summed E-state index contributed by atoms with van der Waals surface area (Å²) in [4.78, 5) is 5.24. The zero-order chi connectivity index (χ0) is 10.7. The third-order valence-corrected chi connectivity index (χ3v) is 2.36. The van der Waals surface area contributed by atoms with Gasteiger partial charge < -0.3 is 10.0 Å². The van der Waals surface area contributed by atoms with E-state index in [9.17, 15) is 0 Å². The van der Waals surface area contributed by atoms with Gasteiger partial charge in [0.25, 0.3) is 0 Å². The molecule has 0 spiro atoms. The lowest BCUT2D eigenvalue weighted by molar-refractivity contribution is 0.117. The largest absolute Gasteiger partial charge is 0.410 e. The molecular weight excluding hydrogens is 192 g/mol. The summed E-state index contributed by atoms with van der Waals surface area (Å²) in [5, 5.41) is 16.1. The fraction of sp³-hybridized carbons (Fsp3) is 0.273. The highest BCUT2D eigenvalue weighted by Gasteiger charge is 2.30. The van der Waals surface area contributed by atoms with Crippen LogP contribution >= 0.6 is 0 Å². The molecule has 0 saturated heterocycles. The lowest BCUT2D eigenvalue weighted by atomic mass is 10.0. The minimum Gasteiger partial charge on any atom is -0.410 e. The molecule has 1 aliphatic heterocycles. The van der Waals surface area contributed by atoms with Crippen LogP contribution in [0.5, 0.6) is 0 Å². The molecule has 0 amide bonds. The van der Waals surface area contributed by atoms with Crippen molar-refractivity contribution in [2.24, 2.45) is 10.3 Å². The second-order valence-electron chi connectivity index (χ2n) is 3.27. The van der Waals surface area contributed by atoms with Crippen LogP contribution in [0.2, 0.25) is 0 Å². The zero-order valence-corrected chi connectivity index (χ0v) is 8.42. The summed E-state index contributed by atoms with van der Waals surface area (Å²) in [5.41, 5.74) is 2.15. The Morgan fingerprint density at radius 1 is 1.40 bits per heavy atom. The van der Waals surface area contributed by atoms with Gasteiger partial charge in [-0.3, -0.25) is 0 Å². The summed E-state index contributed by atoms with van der Waals surface area (Å²) >= 11 is 0. The maximum Gasteiger partial charge on any atom is 0.199 e. The summed E-state index contributed by atoms with van der Waals surface area (Å²) in [6.07, 6.45) is 0.328. The SMILES string of the molecule is CCC1=NOC(c2ccccc2)/C1=N/O. The van der Waals surface area contributed by atoms with E-state index in [-0.39, 0.29) is 6.10 Å². The predicted molar refractivity (Wildman–Crippen MR) is 57.2 cm³/mol. The highest BCUT2D eigenvalue weighted by atomic mass is 16.6. The Kier molecular flexibility index (Phi) is 2.67.